The number of nitrogens with zero attached hydrogens (tertiary/aromatic N) is 1. The van der Waals surface area contributed by atoms with Crippen LogP contribution in [0.1, 0.15) is 0 Å². The SMILES string of the molecule is COC=Nc1ccc(Cl)cc1. The van der Waals surface area contributed by atoms with Crippen LogP contribution in [0.25, 0.3) is 0 Å². The molecule has 0 radical (unpaired) electrons. The molecular formula is C8H8ClNO. The van der Waals surface area contributed by atoms with Crippen molar-refractivity contribution in [2.24, 2.45) is 4.99 Å². The van der Waals surface area contributed by atoms with Crippen molar-refractivity contribution in [1.82, 2.24) is 0 Å². The van der Waals surface area contributed by atoms with Crippen molar-refractivity contribution in [2.45, 2.75) is 0 Å². The molecule has 0 fully saturated rings. The Morgan fingerprint density at radius 2 is 2.00 bits per heavy atom. The van der Waals surface area contributed by atoms with E-state index in [0.29, 0.717) is 5.02 Å². The molecular weight excluding hydrogens is 162 g/mol. The molecule has 0 aliphatic carbocycles. The van der Waals surface area contributed by atoms with E-state index in [1.165, 1.54) is 6.40 Å². The van der Waals surface area contributed by atoms with Gasteiger partial charge in [0.25, 0.3) is 0 Å². The summed E-state index contributed by atoms with van der Waals surface area (Å²) in [6.45, 7) is 0. The molecule has 0 spiro atoms. The second kappa shape index (κ2) is 3.98. The fraction of sp³-hybridized carbons (Fsp3) is 0.125. The van der Waals surface area contributed by atoms with Crippen molar-refractivity contribution in [3.05, 3.63) is 29.3 Å². The summed E-state index contributed by atoms with van der Waals surface area (Å²) in [6.07, 6.45) is 1.38. The van der Waals surface area contributed by atoms with E-state index in [1.807, 2.05) is 12.1 Å². The van der Waals surface area contributed by atoms with Crippen LogP contribution < -0.4 is 0 Å². The van der Waals surface area contributed by atoms with Crippen molar-refractivity contribution >= 4 is 23.7 Å². The van der Waals surface area contributed by atoms with Crippen LogP contribution >= 0.6 is 11.6 Å². The van der Waals surface area contributed by atoms with Crippen LogP contribution in [-0.4, -0.2) is 13.5 Å². The summed E-state index contributed by atoms with van der Waals surface area (Å²) < 4.78 is 4.65. The Balaban J connectivity index is 2.73. The van der Waals surface area contributed by atoms with Crippen molar-refractivity contribution in [3.63, 3.8) is 0 Å². The fourth-order valence-electron chi connectivity index (χ4n) is 0.641. The highest BCUT2D eigenvalue weighted by molar-refractivity contribution is 6.30. The Labute approximate surface area is 70.5 Å². The van der Waals surface area contributed by atoms with Crippen molar-refractivity contribution in [2.75, 3.05) is 7.11 Å². The molecule has 3 heteroatoms. The first-order valence-electron chi connectivity index (χ1n) is 3.14. The zero-order valence-corrected chi connectivity index (χ0v) is 6.88. The van der Waals surface area contributed by atoms with Crippen molar-refractivity contribution in [3.8, 4) is 0 Å². The van der Waals surface area contributed by atoms with Gasteiger partial charge in [0.05, 0.1) is 12.8 Å². The minimum Gasteiger partial charge on any atom is -0.486 e. The average Bonchev–Trinajstić information content (AvgIpc) is 2.04. The summed E-state index contributed by atoms with van der Waals surface area (Å²) in [4.78, 5) is 3.96. The van der Waals surface area contributed by atoms with Gasteiger partial charge in [0.15, 0.2) is 6.40 Å². The second-order valence-corrected chi connectivity index (χ2v) is 2.38. The molecule has 1 aromatic carbocycles. The maximum absolute atomic E-state index is 5.66. The van der Waals surface area contributed by atoms with E-state index in [1.54, 1.807) is 19.2 Å². The molecule has 0 saturated heterocycles. The maximum atomic E-state index is 5.66. The van der Waals surface area contributed by atoms with E-state index >= 15 is 0 Å². The summed E-state index contributed by atoms with van der Waals surface area (Å²) in [5.74, 6) is 0. The van der Waals surface area contributed by atoms with Crippen LogP contribution in [0.4, 0.5) is 5.69 Å². The van der Waals surface area contributed by atoms with Crippen molar-refractivity contribution < 1.29 is 4.74 Å². The molecule has 1 rings (SSSR count). The van der Waals surface area contributed by atoms with Crippen LogP contribution in [0.2, 0.25) is 5.02 Å². The summed E-state index contributed by atoms with van der Waals surface area (Å²) in [7, 11) is 1.55. The third-order valence-electron chi connectivity index (χ3n) is 1.13. The first-order valence-corrected chi connectivity index (χ1v) is 3.51. The van der Waals surface area contributed by atoms with Gasteiger partial charge in [-0.1, -0.05) is 11.6 Å². The lowest BCUT2D eigenvalue weighted by molar-refractivity contribution is 0.423. The van der Waals surface area contributed by atoms with E-state index in [2.05, 4.69) is 9.73 Å². The van der Waals surface area contributed by atoms with Crippen LogP contribution in [-0.2, 0) is 4.74 Å². The minimum atomic E-state index is 0.710. The molecule has 0 atom stereocenters. The number of halogens is 1. The summed E-state index contributed by atoms with van der Waals surface area (Å²) in [6, 6.07) is 7.20. The highest BCUT2D eigenvalue weighted by Crippen LogP contribution is 2.15. The highest BCUT2D eigenvalue weighted by atomic mass is 35.5. The number of methoxy groups -OCH3 is 1. The Hall–Kier alpha value is -1.02. The first-order chi connectivity index (χ1) is 5.33. The van der Waals surface area contributed by atoms with Gasteiger partial charge in [0.1, 0.15) is 0 Å². The molecule has 2 nitrogen and oxygen atoms in total. The molecule has 58 valence electrons. The van der Waals surface area contributed by atoms with E-state index in [-0.39, 0.29) is 0 Å². The van der Waals surface area contributed by atoms with Gasteiger partial charge in [-0.25, -0.2) is 4.99 Å². The van der Waals surface area contributed by atoms with Gasteiger partial charge in [-0.2, -0.15) is 0 Å². The van der Waals surface area contributed by atoms with Crippen LogP contribution in [0.15, 0.2) is 29.3 Å². The van der Waals surface area contributed by atoms with Crippen LogP contribution in [0.5, 0.6) is 0 Å². The zero-order chi connectivity index (χ0) is 8.10. The molecule has 0 saturated carbocycles. The average molecular weight is 170 g/mol. The van der Waals surface area contributed by atoms with Gasteiger partial charge in [-0.05, 0) is 24.3 Å². The molecule has 0 aliphatic rings. The molecule has 1 aromatic rings. The third-order valence-corrected chi connectivity index (χ3v) is 1.39. The van der Waals surface area contributed by atoms with E-state index in [0.717, 1.165) is 5.69 Å². The number of benzene rings is 1. The molecule has 0 heterocycles. The largest absolute Gasteiger partial charge is 0.486 e. The number of aliphatic imine (C=N–C) groups is 1. The Bertz CT molecular complexity index is 243. The van der Waals surface area contributed by atoms with E-state index < -0.39 is 0 Å². The summed E-state index contributed by atoms with van der Waals surface area (Å²) in [5, 5.41) is 0.710. The highest BCUT2D eigenvalue weighted by Gasteiger charge is 1.86. The molecule has 11 heavy (non-hydrogen) atoms. The van der Waals surface area contributed by atoms with Gasteiger partial charge >= 0.3 is 0 Å². The molecule has 0 unspecified atom stereocenters. The number of hydrogen-bond acceptors (Lipinski definition) is 2. The topological polar surface area (TPSA) is 21.6 Å². The first kappa shape index (κ1) is 8.08. The smallest absolute Gasteiger partial charge is 0.174 e. The number of ether oxygens (including phenoxy) is 1. The van der Waals surface area contributed by atoms with Crippen LogP contribution in [0.3, 0.4) is 0 Å². The van der Waals surface area contributed by atoms with Gasteiger partial charge in [0.2, 0.25) is 0 Å². The fourth-order valence-corrected chi connectivity index (χ4v) is 0.767. The van der Waals surface area contributed by atoms with Gasteiger partial charge in [0, 0.05) is 5.02 Å². The predicted octanol–water partition coefficient (Wildman–Crippen LogP) is 2.65. The van der Waals surface area contributed by atoms with E-state index in [9.17, 15) is 0 Å². The molecule has 0 N–H and O–H groups in total. The predicted molar refractivity (Wildman–Crippen MR) is 46.6 cm³/mol. The van der Waals surface area contributed by atoms with Crippen LogP contribution in [0, 0.1) is 0 Å². The molecule has 0 bridgehead atoms. The number of hydrogen-bond donors (Lipinski definition) is 0. The Morgan fingerprint density at radius 3 is 2.55 bits per heavy atom. The number of rotatable bonds is 2. The van der Waals surface area contributed by atoms with Gasteiger partial charge in [-0.15, -0.1) is 0 Å². The second-order valence-electron chi connectivity index (χ2n) is 1.95. The molecule has 0 amide bonds. The Morgan fingerprint density at radius 1 is 1.36 bits per heavy atom. The lowest BCUT2D eigenvalue weighted by atomic mass is 10.3. The van der Waals surface area contributed by atoms with Crippen molar-refractivity contribution in [1.29, 1.82) is 0 Å². The maximum Gasteiger partial charge on any atom is 0.174 e. The summed E-state index contributed by atoms with van der Waals surface area (Å²) >= 11 is 5.66. The lowest BCUT2D eigenvalue weighted by Crippen LogP contribution is -1.74. The molecule has 0 aromatic heterocycles. The van der Waals surface area contributed by atoms with Gasteiger partial charge in [-0.3, -0.25) is 0 Å². The zero-order valence-electron chi connectivity index (χ0n) is 6.12. The standard InChI is InChI=1S/C8H8ClNO/c1-11-6-10-8-4-2-7(9)3-5-8/h2-6H,1H3. The quantitative estimate of drug-likeness (QED) is 0.493. The molecule has 0 aliphatic heterocycles. The normalized spacial score (nSPS) is 10.4. The summed E-state index contributed by atoms with van der Waals surface area (Å²) in [5.41, 5.74) is 0.830. The third kappa shape index (κ3) is 2.60. The monoisotopic (exact) mass is 169 g/mol. The lowest BCUT2D eigenvalue weighted by Gasteiger charge is -1.91. The minimum absolute atomic E-state index is 0.710. The Kier molecular flexibility index (Phi) is 2.93. The van der Waals surface area contributed by atoms with Gasteiger partial charge < -0.3 is 4.74 Å². The van der Waals surface area contributed by atoms with E-state index in [4.69, 9.17) is 11.6 Å².